The molecule has 0 bridgehead atoms. The number of aliphatic hydroxyl groups is 2. The first kappa shape index (κ1) is 24.5. The molecule has 0 unspecified atom stereocenters. The molecule has 0 radical (unpaired) electrons. The Morgan fingerprint density at radius 3 is 2.55 bits per heavy atom. The SMILES string of the molecule is C[C@@H](O)[C@H]1C(=O)N2C(C(=O)Cl)=C(SC3CN(C(=N)CCC[N+](C)(C)CCO)C3)[C@H](C)[C@H]12. The van der Waals surface area contributed by atoms with Crippen molar-refractivity contribution in [3.8, 4) is 0 Å². The maximum Gasteiger partial charge on any atom is 0.269 e. The molecule has 31 heavy (non-hydrogen) atoms. The van der Waals surface area contributed by atoms with E-state index in [0.29, 0.717) is 18.8 Å². The van der Waals surface area contributed by atoms with E-state index in [9.17, 15) is 14.7 Å². The van der Waals surface area contributed by atoms with E-state index in [1.54, 1.807) is 18.7 Å². The van der Waals surface area contributed by atoms with Crippen LogP contribution in [0.25, 0.3) is 0 Å². The fourth-order valence-electron chi connectivity index (χ4n) is 4.79. The molecule has 3 aliphatic rings. The smallest absolute Gasteiger partial charge is 0.269 e. The summed E-state index contributed by atoms with van der Waals surface area (Å²) in [5, 5.41) is 27.1. The van der Waals surface area contributed by atoms with Crippen LogP contribution in [0.15, 0.2) is 10.6 Å². The Morgan fingerprint density at radius 1 is 1.35 bits per heavy atom. The third-order valence-electron chi connectivity index (χ3n) is 6.70. The number of halogens is 1. The predicted octanol–water partition coefficient (Wildman–Crippen LogP) is 1.06. The van der Waals surface area contributed by atoms with Gasteiger partial charge < -0.3 is 24.5 Å². The number of nitrogens with zero attached hydrogens (tertiary/aromatic N) is 3. The number of carbonyl (C=O) groups is 2. The van der Waals surface area contributed by atoms with Crippen LogP contribution >= 0.6 is 23.4 Å². The Bertz CT molecular complexity index is 781. The summed E-state index contributed by atoms with van der Waals surface area (Å²) in [6.07, 6.45) is 0.843. The summed E-state index contributed by atoms with van der Waals surface area (Å²) in [6, 6.07) is -0.206. The highest BCUT2D eigenvalue weighted by molar-refractivity contribution is 8.03. The molecule has 10 heteroatoms. The number of nitrogens with one attached hydrogen (secondary N) is 1. The van der Waals surface area contributed by atoms with Crippen molar-refractivity contribution in [1.82, 2.24) is 9.80 Å². The summed E-state index contributed by atoms with van der Waals surface area (Å²) in [4.78, 5) is 28.9. The van der Waals surface area contributed by atoms with Gasteiger partial charge in [-0.05, 0) is 18.5 Å². The van der Waals surface area contributed by atoms with E-state index >= 15 is 0 Å². The number of hydrogen-bond acceptors (Lipinski definition) is 6. The fraction of sp³-hybridized carbons (Fsp3) is 0.762. The molecule has 3 aliphatic heterocycles. The van der Waals surface area contributed by atoms with E-state index in [0.717, 1.165) is 35.4 Å². The lowest BCUT2D eigenvalue weighted by molar-refractivity contribution is -0.890. The van der Waals surface area contributed by atoms with Crippen LogP contribution in [-0.4, -0.2) is 106 Å². The Hall–Kier alpha value is -1.13. The number of β-lactam (4-membered cyclic amide) rings is 1. The van der Waals surface area contributed by atoms with Crippen LogP contribution in [0, 0.1) is 17.2 Å². The fourth-order valence-corrected chi connectivity index (χ4v) is 6.56. The van der Waals surface area contributed by atoms with Crippen molar-refractivity contribution in [3.63, 3.8) is 0 Å². The number of carbonyl (C=O) groups excluding carboxylic acids is 2. The first-order valence-corrected chi connectivity index (χ1v) is 12.1. The van der Waals surface area contributed by atoms with E-state index in [1.807, 2.05) is 11.8 Å². The van der Waals surface area contributed by atoms with Crippen molar-refractivity contribution in [2.75, 3.05) is 46.9 Å². The van der Waals surface area contributed by atoms with E-state index in [4.69, 9.17) is 22.1 Å². The molecule has 0 aliphatic carbocycles. The number of allylic oxidation sites excluding steroid dienone is 1. The van der Waals surface area contributed by atoms with E-state index in [2.05, 4.69) is 14.1 Å². The van der Waals surface area contributed by atoms with Crippen molar-refractivity contribution >= 4 is 40.3 Å². The molecule has 3 heterocycles. The van der Waals surface area contributed by atoms with Gasteiger partial charge in [0, 0.05) is 42.0 Å². The van der Waals surface area contributed by atoms with Gasteiger partial charge in [0.2, 0.25) is 5.91 Å². The molecule has 8 nitrogen and oxygen atoms in total. The van der Waals surface area contributed by atoms with Crippen molar-refractivity contribution in [3.05, 3.63) is 10.6 Å². The zero-order valence-corrected chi connectivity index (χ0v) is 20.2. The van der Waals surface area contributed by atoms with Gasteiger partial charge in [0.15, 0.2) is 0 Å². The normalized spacial score (nSPS) is 27.2. The summed E-state index contributed by atoms with van der Waals surface area (Å²) in [5.41, 5.74) is 0.281. The minimum absolute atomic E-state index is 0.0416. The summed E-state index contributed by atoms with van der Waals surface area (Å²) in [7, 11) is 4.16. The Labute approximate surface area is 193 Å². The van der Waals surface area contributed by atoms with Crippen LogP contribution in [0.1, 0.15) is 26.7 Å². The highest BCUT2D eigenvalue weighted by atomic mass is 35.5. The third-order valence-corrected chi connectivity index (χ3v) is 8.33. The van der Waals surface area contributed by atoms with Crippen LogP contribution in [0.4, 0.5) is 0 Å². The van der Waals surface area contributed by atoms with Gasteiger partial charge in [-0.15, -0.1) is 11.8 Å². The van der Waals surface area contributed by atoms with E-state index in [-0.39, 0.29) is 35.4 Å². The second-order valence-corrected chi connectivity index (χ2v) is 11.2. The average Bonchev–Trinajstić information content (AvgIpc) is 2.85. The summed E-state index contributed by atoms with van der Waals surface area (Å²) >= 11 is 7.43. The van der Waals surface area contributed by atoms with Crippen molar-refractivity contribution in [2.24, 2.45) is 11.8 Å². The minimum atomic E-state index is -0.757. The topological polar surface area (TPSA) is 105 Å². The molecule has 0 aromatic heterocycles. The molecule has 0 spiro atoms. The van der Waals surface area contributed by atoms with Gasteiger partial charge >= 0.3 is 0 Å². The summed E-state index contributed by atoms with van der Waals surface area (Å²) in [5.74, 6) is -0.138. The van der Waals surface area contributed by atoms with Crippen molar-refractivity contribution in [2.45, 2.75) is 44.1 Å². The van der Waals surface area contributed by atoms with Gasteiger partial charge in [-0.25, -0.2) is 0 Å². The molecule has 2 saturated heterocycles. The second-order valence-electron chi connectivity index (χ2n) is 9.54. The molecule has 0 aromatic carbocycles. The Balaban J connectivity index is 1.53. The highest BCUT2D eigenvalue weighted by Gasteiger charge is 2.60. The predicted molar refractivity (Wildman–Crippen MR) is 122 cm³/mol. The lowest BCUT2D eigenvalue weighted by Crippen LogP contribution is -2.63. The van der Waals surface area contributed by atoms with Crippen molar-refractivity contribution in [1.29, 1.82) is 5.41 Å². The number of amidine groups is 1. The number of fused-ring (bicyclic) bond motifs is 1. The van der Waals surface area contributed by atoms with Crippen LogP contribution in [0.2, 0.25) is 0 Å². The quantitative estimate of drug-likeness (QED) is 0.144. The molecular weight excluding hydrogens is 440 g/mol. The van der Waals surface area contributed by atoms with Crippen LogP contribution in [0.5, 0.6) is 0 Å². The number of hydrogen-bond donors (Lipinski definition) is 3. The number of rotatable bonds is 10. The van der Waals surface area contributed by atoms with E-state index < -0.39 is 17.3 Å². The van der Waals surface area contributed by atoms with Gasteiger partial charge in [-0.3, -0.25) is 15.0 Å². The van der Waals surface area contributed by atoms with Gasteiger partial charge in [0.05, 0.1) is 51.1 Å². The van der Waals surface area contributed by atoms with Crippen LogP contribution in [0.3, 0.4) is 0 Å². The molecule has 3 rings (SSSR count). The minimum Gasteiger partial charge on any atom is -0.393 e. The molecule has 174 valence electrons. The number of likely N-dealkylation sites (N-methyl/N-ethyl adjacent to an activating group) is 1. The summed E-state index contributed by atoms with van der Waals surface area (Å²) in [6.45, 7) is 6.85. The van der Waals surface area contributed by atoms with Gasteiger partial charge in [-0.2, -0.15) is 0 Å². The van der Waals surface area contributed by atoms with E-state index in [1.165, 1.54) is 4.90 Å². The molecule has 1 amide bonds. The zero-order chi connectivity index (χ0) is 23.1. The molecule has 3 N–H and O–H groups in total. The number of quaternary nitrogens is 1. The zero-order valence-electron chi connectivity index (χ0n) is 18.7. The Morgan fingerprint density at radius 2 is 2.00 bits per heavy atom. The van der Waals surface area contributed by atoms with Crippen LogP contribution < -0.4 is 0 Å². The maximum absolute atomic E-state index is 12.5. The number of thioether (sulfide) groups is 1. The van der Waals surface area contributed by atoms with Gasteiger partial charge in [0.25, 0.3) is 5.24 Å². The molecule has 0 aromatic rings. The second kappa shape index (κ2) is 9.39. The maximum atomic E-state index is 12.5. The van der Waals surface area contributed by atoms with Crippen LogP contribution in [-0.2, 0) is 9.59 Å². The number of aliphatic hydroxyl groups excluding tert-OH is 2. The first-order valence-electron chi connectivity index (χ1n) is 10.9. The molecule has 0 saturated carbocycles. The van der Waals surface area contributed by atoms with Crippen molar-refractivity contribution < 1.29 is 24.3 Å². The van der Waals surface area contributed by atoms with Gasteiger partial charge in [-0.1, -0.05) is 6.92 Å². The third kappa shape index (κ3) is 4.80. The lowest BCUT2D eigenvalue weighted by Gasteiger charge is -2.46. The first-order chi connectivity index (χ1) is 14.5. The van der Waals surface area contributed by atoms with Gasteiger partial charge in [0.1, 0.15) is 12.2 Å². The lowest BCUT2D eigenvalue weighted by atomic mass is 9.79. The Kier molecular flexibility index (Phi) is 7.42. The largest absolute Gasteiger partial charge is 0.393 e. The standard InChI is InChI=1S/C21H34ClN4O4S/c1-12-17-16(13(2)28)21(30)25(17)18(20(22)29)19(12)31-14-10-24(11-14)15(23)6-5-7-26(3,4)8-9-27/h12-14,16-17,23,27-28H,5-11H2,1-4H3/q+1/t12-,13-,16-,17-/m1/s1. The molecule has 4 atom stereocenters. The summed E-state index contributed by atoms with van der Waals surface area (Å²) < 4.78 is 0.743. The average molecular weight is 474 g/mol. The monoisotopic (exact) mass is 473 g/mol. The number of amides is 1. The number of likely N-dealkylation sites (tertiary alicyclic amines) is 1. The highest BCUT2D eigenvalue weighted by Crippen LogP contribution is 2.52. The molecule has 2 fully saturated rings. The molecular formula is C21H34ClN4O4S+.